The molecule has 4 nitrogen and oxygen atoms in total. The van der Waals surface area contributed by atoms with Gasteiger partial charge in [0.15, 0.2) is 0 Å². The Morgan fingerprint density at radius 3 is 1.23 bits per heavy atom. The van der Waals surface area contributed by atoms with E-state index in [1.165, 1.54) is 16.7 Å². The number of hydrogen-bond acceptors (Lipinski definition) is 4. The molecular weight excluding hydrogens is 320 g/mol. The van der Waals surface area contributed by atoms with Crippen molar-refractivity contribution in [2.45, 2.75) is 95.4 Å². The average molecular weight is 361 g/mol. The van der Waals surface area contributed by atoms with E-state index in [1.54, 1.807) is 0 Å². The summed E-state index contributed by atoms with van der Waals surface area (Å²) in [6.07, 6.45) is 0. The third-order valence-electron chi connectivity index (χ3n) is 3.91. The van der Waals surface area contributed by atoms with Crippen LogP contribution in [0, 0.1) is 41.5 Å². The standard InChI is InChI=1S/C10H16N2.C8H12N2.2C2H6/c1-7-6-9(10(3,4)5)8(2)12-11-7;1-5-6(2)8(4)10-9-7(5)3;2*1-2/h6H,1-5H3;1-4H3;2*1-2H3. The van der Waals surface area contributed by atoms with E-state index in [-0.39, 0.29) is 5.41 Å². The smallest absolute Gasteiger partial charge is 0.0637 e. The van der Waals surface area contributed by atoms with Crippen molar-refractivity contribution in [1.82, 2.24) is 20.4 Å². The molecule has 0 unspecified atom stereocenters. The van der Waals surface area contributed by atoms with E-state index in [9.17, 15) is 0 Å². The molecule has 2 rings (SSSR count). The van der Waals surface area contributed by atoms with E-state index < -0.39 is 0 Å². The summed E-state index contributed by atoms with van der Waals surface area (Å²) in [7, 11) is 0. The summed E-state index contributed by atoms with van der Waals surface area (Å²) in [5, 5.41) is 16.1. The van der Waals surface area contributed by atoms with Crippen LogP contribution in [-0.4, -0.2) is 20.4 Å². The third kappa shape index (κ3) is 8.50. The second-order valence-corrected chi connectivity index (χ2v) is 6.86. The second-order valence-electron chi connectivity index (χ2n) is 6.86. The van der Waals surface area contributed by atoms with Crippen molar-refractivity contribution in [3.8, 4) is 0 Å². The molecule has 148 valence electrons. The lowest BCUT2D eigenvalue weighted by Gasteiger charge is -2.20. The average Bonchev–Trinajstić information content (AvgIpc) is 2.62. The van der Waals surface area contributed by atoms with Gasteiger partial charge in [0.2, 0.25) is 0 Å². The number of hydrogen-bond donors (Lipinski definition) is 0. The minimum atomic E-state index is 0.171. The predicted octanol–water partition coefficient (Wildman–Crippen LogP) is 6.15. The van der Waals surface area contributed by atoms with E-state index in [2.05, 4.69) is 61.1 Å². The van der Waals surface area contributed by atoms with Crippen molar-refractivity contribution in [2.75, 3.05) is 0 Å². The molecule has 26 heavy (non-hydrogen) atoms. The van der Waals surface area contributed by atoms with E-state index in [1.807, 2.05) is 55.4 Å². The fraction of sp³-hybridized carbons (Fsp3) is 0.636. The SMILES string of the molecule is CC.CC.Cc1cc(C(C)(C)C)c(C)nn1.Cc1nnc(C)c(C)c1C. The van der Waals surface area contributed by atoms with Gasteiger partial charge >= 0.3 is 0 Å². The lowest BCUT2D eigenvalue weighted by molar-refractivity contribution is 0.577. The number of aromatic nitrogens is 4. The van der Waals surface area contributed by atoms with Gasteiger partial charge in [-0.1, -0.05) is 48.5 Å². The molecule has 0 atom stereocenters. The van der Waals surface area contributed by atoms with Crippen LogP contribution < -0.4 is 0 Å². The van der Waals surface area contributed by atoms with E-state index >= 15 is 0 Å². The van der Waals surface area contributed by atoms with Crippen molar-refractivity contribution in [3.63, 3.8) is 0 Å². The van der Waals surface area contributed by atoms with Crippen LogP contribution in [0.2, 0.25) is 0 Å². The first-order valence-electron chi connectivity index (χ1n) is 9.62. The van der Waals surface area contributed by atoms with Crippen LogP contribution in [0.15, 0.2) is 6.07 Å². The van der Waals surface area contributed by atoms with Crippen molar-refractivity contribution >= 4 is 0 Å². The zero-order valence-electron chi connectivity index (χ0n) is 19.4. The second kappa shape index (κ2) is 12.5. The molecule has 4 heteroatoms. The van der Waals surface area contributed by atoms with Crippen LogP contribution >= 0.6 is 0 Å². The van der Waals surface area contributed by atoms with Gasteiger partial charge in [-0.25, -0.2) is 0 Å². The maximum atomic E-state index is 4.10. The summed E-state index contributed by atoms with van der Waals surface area (Å²) in [6.45, 7) is 26.7. The fourth-order valence-corrected chi connectivity index (χ4v) is 2.15. The summed E-state index contributed by atoms with van der Waals surface area (Å²) in [6, 6.07) is 2.11. The van der Waals surface area contributed by atoms with Crippen LogP contribution in [0.3, 0.4) is 0 Å². The Hall–Kier alpha value is -1.84. The van der Waals surface area contributed by atoms with Gasteiger partial charge < -0.3 is 0 Å². The lowest BCUT2D eigenvalue weighted by Crippen LogP contribution is -2.15. The Morgan fingerprint density at radius 1 is 0.577 bits per heavy atom. The van der Waals surface area contributed by atoms with Gasteiger partial charge in [-0.3, -0.25) is 0 Å². The largest absolute Gasteiger partial charge is 0.156 e. The maximum Gasteiger partial charge on any atom is 0.0637 e. The molecular formula is C22H40N4. The van der Waals surface area contributed by atoms with Crippen LogP contribution in [0.4, 0.5) is 0 Å². The minimum Gasteiger partial charge on any atom is -0.156 e. The molecule has 2 heterocycles. The lowest BCUT2D eigenvalue weighted by atomic mass is 9.86. The number of aryl methyl sites for hydroxylation is 4. The molecule has 0 saturated carbocycles. The molecule has 0 radical (unpaired) electrons. The van der Waals surface area contributed by atoms with Crippen molar-refractivity contribution in [1.29, 1.82) is 0 Å². The number of nitrogens with zero attached hydrogens (tertiary/aromatic N) is 4. The molecule has 0 amide bonds. The van der Waals surface area contributed by atoms with Crippen LogP contribution in [0.1, 0.15) is 87.9 Å². The van der Waals surface area contributed by atoms with Crippen LogP contribution in [0.5, 0.6) is 0 Å². The molecule has 0 aliphatic heterocycles. The Morgan fingerprint density at radius 2 is 0.923 bits per heavy atom. The molecule has 2 aromatic rings. The molecule has 0 aliphatic rings. The maximum absolute atomic E-state index is 4.10. The zero-order chi connectivity index (χ0) is 21.1. The highest BCUT2D eigenvalue weighted by Gasteiger charge is 2.17. The Balaban J connectivity index is 0. The highest BCUT2D eigenvalue weighted by atomic mass is 15.1. The minimum absolute atomic E-state index is 0.171. The van der Waals surface area contributed by atoms with Gasteiger partial charge in [0.05, 0.1) is 22.8 Å². The molecule has 0 N–H and O–H groups in total. The molecule has 0 fully saturated rings. The van der Waals surface area contributed by atoms with Crippen molar-refractivity contribution in [2.24, 2.45) is 0 Å². The first-order chi connectivity index (χ1) is 12.0. The van der Waals surface area contributed by atoms with E-state index in [0.29, 0.717) is 0 Å². The summed E-state index contributed by atoms with van der Waals surface area (Å²) < 4.78 is 0. The first kappa shape index (κ1) is 26.4. The van der Waals surface area contributed by atoms with Crippen LogP contribution in [0.25, 0.3) is 0 Å². The quantitative estimate of drug-likeness (QED) is 0.565. The van der Waals surface area contributed by atoms with E-state index in [4.69, 9.17) is 0 Å². The molecule has 0 aromatic carbocycles. The predicted molar refractivity (Wildman–Crippen MR) is 114 cm³/mol. The van der Waals surface area contributed by atoms with E-state index in [0.717, 1.165) is 22.8 Å². The third-order valence-corrected chi connectivity index (χ3v) is 3.91. The highest BCUT2D eigenvalue weighted by molar-refractivity contribution is 5.28. The Kier molecular flexibility index (Phi) is 12.7. The Bertz CT molecular complexity index is 629. The molecule has 0 aliphatic carbocycles. The highest BCUT2D eigenvalue weighted by Crippen LogP contribution is 2.24. The Labute approximate surface area is 161 Å². The molecule has 0 bridgehead atoms. The zero-order valence-corrected chi connectivity index (χ0v) is 19.4. The normalized spacial score (nSPS) is 9.73. The van der Waals surface area contributed by atoms with Crippen molar-refractivity contribution < 1.29 is 0 Å². The van der Waals surface area contributed by atoms with Gasteiger partial charge in [-0.05, 0) is 69.7 Å². The monoisotopic (exact) mass is 360 g/mol. The summed E-state index contributed by atoms with van der Waals surface area (Å²) in [4.78, 5) is 0. The van der Waals surface area contributed by atoms with Crippen LogP contribution in [-0.2, 0) is 5.41 Å². The van der Waals surface area contributed by atoms with Gasteiger partial charge in [0, 0.05) is 0 Å². The van der Waals surface area contributed by atoms with Gasteiger partial charge in [-0.15, -0.1) is 0 Å². The molecule has 0 spiro atoms. The summed E-state index contributed by atoms with van der Waals surface area (Å²) in [5.74, 6) is 0. The summed E-state index contributed by atoms with van der Waals surface area (Å²) >= 11 is 0. The van der Waals surface area contributed by atoms with Crippen molar-refractivity contribution in [3.05, 3.63) is 45.5 Å². The number of rotatable bonds is 0. The molecule has 2 aromatic heterocycles. The topological polar surface area (TPSA) is 51.6 Å². The summed E-state index contributed by atoms with van der Waals surface area (Å²) in [5.41, 5.74) is 8.06. The van der Waals surface area contributed by atoms with Gasteiger partial charge in [0.1, 0.15) is 0 Å². The van der Waals surface area contributed by atoms with Gasteiger partial charge in [-0.2, -0.15) is 20.4 Å². The molecule has 0 saturated heterocycles. The van der Waals surface area contributed by atoms with Gasteiger partial charge in [0.25, 0.3) is 0 Å². The fourth-order valence-electron chi connectivity index (χ4n) is 2.15. The first-order valence-corrected chi connectivity index (χ1v) is 9.62.